The first-order chi connectivity index (χ1) is 8.56. The van der Waals surface area contributed by atoms with E-state index in [-0.39, 0.29) is 15.7 Å². The number of carbonyl (C=O) groups is 1. The Morgan fingerprint density at radius 1 is 1.50 bits per heavy atom. The van der Waals surface area contributed by atoms with Gasteiger partial charge in [-0.2, -0.15) is 5.10 Å². The van der Waals surface area contributed by atoms with Crippen LogP contribution in [0.25, 0.3) is 0 Å². The molecule has 0 saturated heterocycles. The van der Waals surface area contributed by atoms with Crippen LogP contribution in [0.5, 0.6) is 5.75 Å². The molecule has 0 radical (unpaired) electrons. The van der Waals surface area contributed by atoms with Gasteiger partial charge >= 0.3 is 0 Å². The van der Waals surface area contributed by atoms with Crippen molar-refractivity contribution >= 4 is 21.7 Å². The lowest BCUT2D eigenvalue weighted by atomic mass is 10.1. The molecule has 0 aliphatic heterocycles. The van der Waals surface area contributed by atoms with E-state index in [1.807, 2.05) is 0 Å². The van der Waals surface area contributed by atoms with E-state index in [2.05, 4.69) is 21.0 Å². The molecule has 0 aliphatic carbocycles. The van der Waals surface area contributed by atoms with E-state index in [9.17, 15) is 9.18 Å². The summed E-state index contributed by atoms with van der Waals surface area (Å²) in [6.45, 7) is 0. The van der Waals surface area contributed by atoms with Gasteiger partial charge in [0.25, 0.3) is 0 Å². The third-order valence-electron chi connectivity index (χ3n) is 2.54. The van der Waals surface area contributed by atoms with Crippen LogP contribution in [0.2, 0.25) is 0 Å². The second-order valence-electron chi connectivity index (χ2n) is 3.62. The molecule has 1 aromatic heterocycles. The quantitative estimate of drug-likeness (QED) is 0.818. The Hall–Kier alpha value is -1.69. The summed E-state index contributed by atoms with van der Waals surface area (Å²) in [6.07, 6.45) is 1.42. The Balaban J connectivity index is 2.55. The molecule has 2 aromatic rings. The van der Waals surface area contributed by atoms with Gasteiger partial charge < -0.3 is 4.74 Å². The Labute approximate surface area is 111 Å². The van der Waals surface area contributed by atoms with E-state index in [0.717, 1.165) is 0 Å². The van der Waals surface area contributed by atoms with Crippen molar-refractivity contribution in [1.29, 1.82) is 0 Å². The van der Waals surface area contributed by atoms with E-state index in [1.54, 1.807) is 13.1 Å². The van der Waals surface area contributed by atoms with Gasteiger partial charge in [0, 0.05) is 7.05 Å². The van der Waals surface area contributed by atoms with Gasteiger partial charge in [-0.3, -0.25) is 9.48 Å². The van der Waals surface area contributed by atoms with Crippen molar-refractivity contribution in [2.75, 3.05) is 7.11 Å². The van der Waals surface area contributed by atoms with Crippen LogP contribution in [0.1, 0.15) is 16.1 Å². The zero-order valence-electron chi connectivity index (χ0n) is 9.78. The largest absolute Gasteiger partial charge is 0.493 e. The molecule has 0 unspecified atom stereocenters. The maximum atomic E-state index is 13.9. The summed E-state index contributed by atoms with van der Waals surface area (Å²) in [6, 6.07) is 4.56. The van der Waals surface area contributed by atoms with E-state index in [4.69, 9.17) is 4.74 Å². The number of hydrogen-bond donors (Lipinski definition) is 0. The van der Waals surface area contributed by atoms with Crippen LogP contribution in [0.3, 0.4) is 0 Å². The summed E-state index contributed by atoms with van der Waals surface area (Å²) in [7, 11) is 3.04. The van der Waals surface area contributed by atoms with E-state index < -0.39 is 11.6 Å². The Bertz CT molecular complexity index is 610. The molecule has 0 atom stereocenters. The summed E-state index contributed by atoms with van der Waals surface area (Å²) in [5.74, 6) is -0.738. The number of aryl methyl sites for hydroxylation is 1. The van der Waals surface area contributed by atoms with Gasteiger partial charge in [0.1, 0.15) is 5.82 Å². The van der Waals surface area contributed by atoms with Gasteiger partial charge in [-0.15, -0.1) is 0 Å². The number of rotatable bonds is 3. The summed E-state index contributed by atoms with van der Waals surface area (Å²) in [5.41, 5.74) is 0.195. The van der Waals surface area contributed by atoms with Crippen molar-refractivity contribution < 1.29 is 13.9 Å². The highest BCUT2D eigenvalue weighted by atomic mass is 79.9. The fourth-order valence-electron chi connectivity index (χ4n) is 1.63. The third kappa shape index (κ3) is 2.03. The number of ketones is 1. The molecular formula is C12H10BrFN2O2. The molecule has 0 fully saturated rings. The van der Waals surface area contributed by atoms with Gasteiger partial charge in [0.2, 0.25) is 5.78 Å². The van der Waals surface area contributed by atoms with Crippen molar-refractivity contribution in [3.63, 3.8) is 0 Å². The summed E-state index contributed by atoms with van der Waals surface area (Å²) in [4.78, 5) is 12.3. The molecule has 18 heavy (non-hydrogen) atoms. The van der Waals surface area contributed by atoms with Crippen LogP contribution in [0, 0.1) is 5.82 Å². The van der Waals surface area contributed by atoms with Gasteiger partial charge in [0.15, 0.2) is 11.4 Å². The standard InChI is InChI=1S/C12H10BrFN2O2/c1-16-11(9(18-2)6-15-16)12(17)7-4-3-5-8(13)10(7)14/h3-6H,1-2H3. The van der Waals surface area contributed by atoms with Gasteiger partial charge in [-0.05, 0) is 28.1 Å². The summed E-state index contributed by atoms with van der Waals surface area (Å²) >= 11 is 3.05. The average molecular weight is 313 g/mol. The number of hydrogen-bond acceptors (Lipinski definition) is 3. The van der Waals surface area contributed by atoms with Crippen LogP contribution >= 0.6 is 15.9 Å². The van der Waals surface area contributed by atoms with Crippen LogP contribution in [0.4, 0.5) is 4.39 Å². The average Bonchev–Trinajstić information content (AvgIpc) is 2.73. The topological polar surface area (TPSA) is 44.1 Å². The van der Waals surface area contributed by atoms with E-state index in [0.29, 0.717) is 5.75 Å². The Morgan fingerprint density at radius 2 is 2.22 bits per heavy atom. The van der Waals surface area contributed by atoms with Crippen LogP contribution in [0.15, 0.2) is 28.9 Å². The smallest absolute Gasteiger partial charge is 0.217 e. The molecule has 1 aromatic carbocycles. The SMILES string of the molecule is COc1cnn(C)c1C(=O)c1cccc(Br)c1F. The highest BCUT2D eigenvalue weighted by molar-refractivity contribution is 9.10. The number of benzene rings is 1. The number of methoxy groups -OCH3 is 1. The van der Waals surface area contributed by atoms with Gasteiger partial charge in [-0.1, -0.05) is 6.07 Å². The third-order valence-corrected chi connectivity index (χ3v) is 3.15. The Morgan fingerprint density at radius 3 is 2.89 bits per heavy atom. The van der Waals surface area contributed by atoms with Gasteiger partial charge in [-0.25, -0.2) is 4.39 Å². The van der Waals surface area contributed by atoms with Crippen LogP contribution < -0.4 is 4.74 Å². The molecular weight excluding hydrogens is 303 g/mol. The highest BCUT2D eigenvalue weighted by Crippen LogP contribution is 2.25. The zero-order valence-corrected chi connectivity index (χ0v) is 11.4. The number of aromatic nitrogens is 2. The van der Waals surface area contributed by atoms with Crippen molar-refractivity contribution in [1.82, 2.24) is 9.78 Å². The van der Waals surface area contributed by atoms with Crippen LogP contribution in [-0.2, 0) is 7.05 Å². The van der Waals surface area contributed by atoms with Crippen molar-refractivity contribution in [2.45, 2.75) is 0 Å². The van der Waals surface area contributed by atoms with Crippen LogP contribution in [-0.4, -0.2) is 22.7 Å². The predicted octanol–water partition coefficient (Wildman–Crippen LogP) is 2.56. The van der Waals surface area contributed by atoms with Crippen molar-refractivity contribution in [3.8, 4) is 5.75 Å². The lowest BCUT2D eigenvalue weighted by Gasteiger charge is -2.06. The maximum absolute atomic E-state index is 13.9. The molecule has 0 aliphatic rings. The summed E-state index contributed by atoms with van der Waals surface area (Å²) < 4.78 is 20.5. The first-order valence-corrected chi connectivity index (χ1v) is 5.90. The number of carbonyl (C=O) groups excluding carboxylic acids is 1. The number of ether oxygens (including phenoxy) is 1. The molecule has 6 heteroatoms. The highest BCUT2D eigenvalue weighted by Gasteiger charge is 2.22. The zero-order chi connectivity index (χ0) is 13.3. The molecule has 0 saturated carbocycles. The fraction of sp³-hybridized carbons (Fsp3) is 0.167. The second-order valence-corrected chi connectivity index (χ2v) is 4.47. The molecule has 0 spiro atoms. The first-order valence-electron chi connectivity index (χ1n) is 5.11. The maximum Gasteiger partial charge on any atom is 0.217 e. The molecule has 0 amide bonds. The monoisotopic (exact) mass is 312 g/mol. The predicted molar refractivity (Wildman–Crippen MR) is 67.3 cm³/mol. The fourth-order valence-corrected chi connectivity index (χ4v) is 2.00. The lowest BCUT2D eigenvalue weighted by molar-refractivity contribution is 0.102. The molecule has 94 valence electrons. The van der Waals surface area contributed by atoms with E-state index >= 15 is 0 Å². The minimum Gasteiger partial charge on any atom is -0.493 e. The van der Waals surface area contributed by atoms with E-state index in [1.165, 1.54) is 30.1 Å². The van der Waals surface area contributed by atoms with Crippen molar-refractivity contribution in [2.24, 2.45) is 7.05 Å². The summed E-state index contributed by atoms with van der Waals surface area (Å²) in [5, 5.41) is 3.92. The lowest BCUT2D eigenvalue weighted by Crippen LogP contribution is -2.11. The van der Waals surface area contributed by atoms with Crippen molar-refractivity contribution in [3.05, 3.63) is 45.9 Å². The first kappa shape index (κ1) is 12.8. The molecule has 0 bridgehead atoms. The molecule has 1 heterocycles. The Kier molecular flexibility index (Phi) is 3.47. The number of halogens is 2. The molecule has 0 N–H and O–H groups in total. The van der Waals surface area contributed by atoms with Gasteiger partial charge in [0.05, 0.1) is 23.3 Å². The normalized spacial score (nSPS) is 10.4. The molecule has 2 rings (SSSR count). The second kappa shape index (κ2) is 4.89. The number of nitrogens with zero attached hydrogens (tertiary/aromatic N) is 2. The minimum atomic E-state index is -0.592. The molecule has 4 nitrogen and oxygen atoms in total. The minimum absolute atomic E-state index is 0.0220.